The lowest BCUT2D eigenvalue weighted by Gasteiger charge is -2.35. The van der Waals surface area contributed by atoms with Gasteiger partial charge in [0.1, 0.15) is 0 Å². The van der Waals surface area contributed by atoms with Crippen LogP contribution >= 0.6 is 0 Å². The molecule has 1 aliphatic rings. The molecule has 1 fully saturated rings. The van der Waals surface area contributed by atoms with Gasteiger partial charge in [-0.05, 0) is 12.3 Å². The van der Waals surface area contributed by atoms with Gasteiger partial charge in [-0.25, -0.2) is 4.79 Å². The predicted molar refractivity (Wildman–Crippen MR) is 54.0 cm³/mol. The highest BCUT2D eigenvalue weighted by molar-refractivity contribution is 5.88. The highest BCUT2D eigenvalue weighted by Crippen LogP contribution is 2.26. The van der Waals surface area contributed by atoms with E-state index in [2.05, 4.69) is 5.32 Å². The summed E-state index contributed by atoms with van der Waals surface area (Å²) in [5.41, 5.74) is -0.201. The van der Waals surface area contributed by atoms with Crippen molar-refractivity contribution in [3.8, 4) is 0 Å². The van der Waals surface area contributed by atoms with E-state index < -0.39 is 0 Å². The molecule has 1 N–H and O–H groups in total. The van der Waals surface area contributed by atoms with Gasteiger partial charge in [-0.3, -0.25) is 4.79 Å². The number of hydrogen-bond donors (Lipinski definition) is 1. The van der Waals surface area contributed by atoms with Crippen LogP contribution in [0, 0.1) is 5.41 Å². The molecule has 4 heteroatoms. The van der Waals surface area contributed by atoms with Gasteiger partial charge in [0.05, 0.1) is 6.04 Å². The molecule has 1 aliphatic heterocycles. The Morgan fingerprint density at radius 3 is 2.36 bits per heavy atom. The zero-order valence-electron chi connectivity index (χ0n) is 9.26. The topological polar surface area (TPSA) is 49.4 Å². The van der Waals surface area contributed by atoms with Crippen molar-refractivity contribution in [2.45, 2.75) is 33.7 Å². The molecule has 0 radical (unpaired) electrons. The molecule has 1 rings (SSSR count). The van der Waals surface area contributed by atoms with E-state index in [9.17, 15) is 9.59 Å². The van der Waals surface area contributed by atoms with Crippen LogP contribution in [0.2, 0.25) is 0 Å². The molecule has 1 saturated heterocycles. The first-order valence-electron chi connectivity index (χ1n) is 4.89. The molecule has 1 unspecified atom stereocenters. The predicted octanol–water partition coefficient (Wildman–Crippen LogP) is 1.02. The Hall–Kier alpha value is -1.06. The van der Waals surface area contributed by atoms with Gasteiger partial charge in [0.25, 0.3) is 0 Å². The molecule has 4 nitrogen and oxygen atoms in total. The Morgan fingerprint density at radius 1 is 1.50 bits per heavy atom. The molecule has 1 heterocycles. The summed E-state index contributed by atoms with van der Waals surface area (Å²) >= 11 is 0. The van der Waals surface area contributed by atoms with Gasteiger partial charge >= 0.3 is 6.03 Å². The molecule has 0 aromatic carbocycles. The summed E-state index contributed by atoms with van der Waals surface area (Å²) in [7, 11) is 0. The van der Waals surface area contributed by atoms with Gasteiger partial charge in [0, 0.05) is 13.1 Å². The molecule has 0 bridgehead atoms. The van der Waals surface area contributed by atoms with Gasteiger partial charge in [-0.1, -0.05) is 20.8 Å². The number of carbonyl (C=O) groups is 2. The van der Waals surface area contributed by atoms with Crippen molar-refractivity contribution in [2.24, 2.45) is 5.41 Å². The number of carbonyl (C=O) groups excluding carboxylic acids is 2. The minimum absolute atomic E-state index is 0.0505. The molecular formula is C10H18N2O2. The van der Waals surface area contributed by atoms with Crippen molar-refractivity contribution in [1.29, 1.82) is 0 Å². The Labute approximate surface area is 84.7 Å². The van der Waals surface area contributed by atoms with E-state index >= 15 is 0 Å². The van der Waals surface area contributed by atoms with Crippen LogP contribution in [0.25, 0.3) is 0 Å². The van der Waals surface area contributed by atoms with Crippen molar-refractivity contribution in [3.05, 3.63) is 0 Å². The average molecular weight is 198 g/mol. The molecule has 0 spiro atoms. The Bertz CT molecular complexity index is 255. The summed E-state index contributed by atoms with van der Waals surface area (Å²) in [5.74, 6) is 0.0505. The third kappa shape index (κ3) is 2.05. The fourth-order valence-electron chi connectivity index (χ4n) is 2.03. The maximum Gasteiger partial charge on any atom is 0.318 e. The second-order valence-electron chi connectivity index (χ2n) is 4.80. The molecule has 14 heavy (non-hydrogen) atoms. The smallest absolute Gasteiger partial charge is 0.318 e. The fraction of sp³-hybridized carbons (Fsp3) is 0.800. The molecule has 2 amide bonds. The first kappa shape index (κ1) is 11.0. The van der Waals surface area contributed by atoms with Crippen LogP contribution in [0.15, 0.2) is 0 Å². The zero-order valence-corrected chi connectivity index (χ0v) is 9.26. The van der Waals surface area contributed by atoms with Gasteiger partial charge in [0.15, 0.2) is 5.78 Å². The van der Waals surface area contributed by atoms with E-state index in [1.807, 2.05) is 20.8 Å². The van der Waals surface area contributed by atoms with Crippen LogP contribution in [-0.2, 0) is 4.79 Å². The molecular weight excluding hydrogens is 180 g/mol. The van der Waals surface area contributed by atoms with Crippen LogP contribution in [0.4, 0.5) is 4.79 Å². The summed E-state index contributed by atoms with van der Waals surface area (Å²) in [6.45, 7) is 8.74. The average Bonchev–Trinajstić information content (AvgIpc) is 2.32. The molecule has 0 aromatic heterocycles. The molecule has 1 atom stereocenters. The Kier molecular flexibility index (Phi) is 2.83. The van der Waals surface area contributed by atoms with Crippen molar-refractivity contribution in [3.63, 3.8) is 0 Å². The number of hydrogen-bond acceptors (Lipinski definition) is 2. The first-order chi connectivity index (χ1) is 6.34. The SMILES string of the molecule is CC(=O)C(N1CCNC1=O)C(C)(C)C. The minimum Gasteiger partial charge on any atom is -0.336 e. The number of amides is 2. The van der Waals surface area contributed by atoms with Crippen LogP contribution in [0.3, 0.4) is 0 Å². The largest absolute Gasteiger partial charge is 0.336 e. The van der Waals surface area contributed by atoms with E-state index in [1.165, 1.54) is 0 Å². The summed E-state index contributed by atoms with van der Waals surface area (Å²) in [6, 6.07) is -0.440. The third-order valence-corrected chi connectivity index (χ3v) is 2.41. The number of ketones is 1. The van der Waals surface area contributed by atoms with Crippen LogP contribution in [0.1, 0.15) is 27.7 Å². The van der Waals surface area contributed by atoms with Crippen molar-refractivity contribution in [1.82, 2.24) is 10.2 Å². The number of urea groups is 1. The summed E-state index contributed by atoms with van der Waals surface area (Å²) < 4.78 is 0. The van der Waals surface area contributed by atoms with E-state index in [0.29, 0.717) is 13.1 Å². The lowest BCUT2D eigenvalue weighted by atomic mass is 9.83. The minimum atomic E-state index is -0.315. The molecule has 80 valence electrons. The highest BCUT2D eigenvalue weighted by atomic mass is 16.2. The lowest BCUT2D eigenvalue weighted by Crippen LogP contribution is -2.49. The molecule has 0 saturated carbocycles. The standard InChI is InChI=1S/C10H18N2O2/c1-7(13)8(10(2,3)4)12-6-5-11-9(12)14/h8H,5-6H2,1-4H3,(H,11,14). The van der Waals surface area contributed by atoms with Crippen molar-refractivity contribution >= 4 is 11.8 Å². The second kappa shape index (κ2) is 3.59. The number of Topliss-reactive ketones (excluding diaryl/α,β-unsaturated/α-hetero) is 1. The number of nitrogens with zero attached hydrogens (tertiary/aromatic N) is 1. The normalized spacial score (nSPS) is 19.4. The van der Waals surface area contributed by atoms with Gasteiger partial charge in [-0.15, -0.1) is 0 Å². The summed E-state index contributed by atoms with van der Waals surface area (Å²) in [4.78, 5) is 24.6. The maximum atomic E-state index is 11.5. The van der Waals surface area contributed by atoms with E-state index in [-0.39, 0.29) is 23.3 Å². The van der Waals surface area contributed by atoms with Crippen molar-refractivity contribution < 1.29 is 9.59 Å². The molecule has 0 aliphatic carbocycles. The summed E-state index contributed by atoms with van der Waals surface area (Å²) in [5, 5.41) is 2.71. The third-order valence-electron chi connectivity index (χ3n) is 2.41. The molecule has 0 aromatic rings. The number of nitrogens with one attached hydrogen (secondary N) is 1. The zero-order chi connectivity index (χ0) is 10.9. The monoisotopic (exact) mass is 198 g/mol. The maximum absolute atomic E-state index is 11.5. The Balaban J connectivity index is 2.88. The summed E-state index contributed by atoms with van der Waals surface area (Å²) in [6.07, 6.45) is 0. The fourth-order valence-corrected chi connectivity index (χ4v) is 2.03. The van der Waals surface area contributed by atoms with Gasteiger partial charge in [0.2, 0.25) is 0 Å². The van der Waals surface area contributed by atoms with Gasteiger partial charge in [-0.2, -0.15) is 0 Å². The van der Waals surface area contributed by atoms with E-state index in [4.69, 9.17) is 0 Å². The highest BCUT2D eigenvalue weighted by Gasteiger charge is 2.38. The van der Waals surface area contributed by atoms with Gasteiger partial charge < -0.3 is 10.2 Å². The van der Waals surface area contributed by atoms with Crippen LogP contribution in [0.5, 0.6) is 0 Å². The lowest BCUT2D eigenvalue weighted by molar-refractivity contribution is -0.124. The number of rotatable bonds is 2. The second-order valence-corrected chi connectivity index (χ2v) is 4.80. The first-order valence-corrected chi connectivity index (χ1v) is 4.89. The van der Waals surface area contributed by atoms with Crippen LogP contribution in [-0.4, -0.2) is 35.8 Å². The van der Waals surface area contributed by atoms with E-state index in [1.54, 1.807) is 11.8 Å². The Morgan fingerprint density at radius 2 is 2.07 bits per heavy atom. The van der Waals surface area contributed by atoms with Crippen LogP contribution < -0.4 is 5.32 Å². The van der Waals surface area contributed by atoms with Crippen molar-refractivity contribution in [2.75, 3.05) is 13.1 Å². The quantitative estimate of drug-likeness (QED) is 0.720. The van der Waals surface area contributed by atoms with E-state index in [0.717, 1.165) is 0 Å².